The van der Waals surface area contributed by atoms with E-state index in [1.54, 1.807) is 35.7 Å². The fourth-order valence-electron chi connectivity index (χ4n) is 4.04. The smallest absolute Gasteiger partial charge is 0.300 e. The van der Waals surface area contributed by atoms with Crippen LogP contribution in [0.25, 0.3) is 5.76 Å². The molecule has 1 fully saturated rings. The van der Waals surface area contributed by atoms with Crippen LogP contribution in [0.5, 0.6) is 5.75 Å². The van der Waals surface area contributed by atoms with Gasteiger partial charge in [0.2, 0.25) is 0 Å². The molecule has 0 radical (unpaired) electrons. The molecule has 1 aliphatic heterocycles. The van der Waals surface area contributed by atoms with Crippen LogP contribution in [0.2, 0.25) is 0 Å². The zero-order valence-corrected chi connectivity index (χ0v) is 19.7. The van der Waals surface area contributed by atoms with Crippen molar-refractivity contribution in [1.29, 1.82) is 0 Å². The number of hydrogen-bond acceptors (Lipinski definition) is 5. The van der Waals surface area contributed by atoms with E-state index in [1.165, 1.54) is 17.4 Å². The number of amides is 1. The minimum Gasteiger partial charge on any atom is -0.507 e. The van der Waals surface area contributed by atoms with Crippen LogP contribution in [0, 0.1) is 11.6 Å². The average molecular weight is 484 g/mol. The van der Waals surface area contributed by atoms with Crippen molar-refractivity contribution < 1.29 is 28.2 Å². The first-order valence-electron chi connectivity index (χ1n) is 10.8. The molecule has 4 rings (SSSR count). The highest BCUT2D eigenvalue weighted by Gasteiger charge is 2.47. The molecule has 1 saturated heterocycles. The molecular formula is C26H23F2NO4S. The quantitative estimate of drug-likeness (QED) is 0.259. The molecule has 1 atom stereocenters. The topological polar surface area (TPSA) is 66.8 Å². The normalized spacial score (nSPS) is 17.6. The third kappa shape index (κ3) is 4.09. The van der Waals surface area contributed by atoms with Crippen molar-refractivity contribution in [3.8, 4) is 5.75 Å². The Morgan fingerprint density at radius 2 is 1.88 bits per heavy atom. The number of rotatable bonds is 6. The maximum atomic E-state index is 14.0. The lowest BCUT2D eigenvalue weighted by Crippen LogP contribution is -2.29. The fourth-order valence-corrected chi connectivity index (χ4v) is 4.86. The second-order valence-electron chi connectivity index (χ2n) is 8.12. The Kier molecular flexibility index (Phi) is 6.52. The number of halogens is 2. The lowest BCUT2D eigenvalue weighted by Gasteiger charge is -2.24. The van der Waals surface area contributed by atoms with Gasteiger partial charge in [-0.25, -0.2) is 8.78 Å². The summed E-state index contributed by atoms with van der Waals surface area (Å²) in [6.45, 7) is 6.31. The van der Waals surface area contributed by atoms with E-state index in [0.717, 1.165) is 22.6 Å². The first-order chi connectivity index (χ1) is 16.2. The number of carbonyl (C=O) groups excluding carboxylic acids is 2. The number of aliphatic hydroxyl groups excluding tert-OH is 1. The average Bonchev–Trinajstić information content (AvgIpc) is 3.43. The van der Waals surface area contributed by atoms with Gasteiger partial charge in [0.15, 0.2) is 11.6 Å². The van der Waals surface area contributed by atoms with E-state index in [0.29, 0.717) is 22.8 Å². The van der Waals surface area contributed by atoms with Gasteiger partial charge in [-0.2, -0.15) is 0 Å². The maximum absolute atomic E-state index is 14.0. The van der Waals surface area contributed by atoms with Gasteiger partial charge in [-0.3, -0.25) is 14.5 Å². The Bertz CT molecular complexity index is 1280. The molecule has 0 bridgehead atoms. The zero-order valence-electron chi connectivity index (χ0n) is 18.8. The Labute approximate surface area is 199 Å². The number of carbonyl (C=O) groups is 2. The SMILES string of the molecule is CCOc1ccc(/C(O)=C2/C(=O)C(=O)N(c3ccc(F)c(F)c3)C2c2cccs2)cc1C(C)C. The van der Waals surface area contributed by atoms with Crippen molar-refractivity contribution in [3.63, 3.8) is 0 Å². The summed E-state index contributed by atoms with van der Waals surface area (Å²) < 4.78 is 33.2. The number of benzene rings is 2. The maximum Gasteiger partial charge on any atom is 0.300 e. The van der Waals surface area contributed by atoms with Crippen LogP contribution in [0.4, 0.5) is 14.5 Å². The van der Waals surface area contributed by atoms with Crippen molar-refractivity contribution in [3.05, 3.63) is 87.1 Å². The second-order valence-corrected chi connectivity index (χ2v) is 9.10. The predicted octanol–water partition coefficient (Wildman–Crippen LogP) is 6.17. The van der Waals surface area contributed by atoms with E-state index in [4.69, 9.17) is 4.74 Å². The number of nitrogens with zero attached hydrogens (tertiary/aromatic N) is 1. The highest BCUT2D eigenvalue weighted by molar-refractivity contribution is 7.10. The van der Waals surface area contributed by atoms with Gasteiger partial charge in [0.25, 0.3) is 11.7 Å². The van der Waals surface area contributed by atoms with Gasteiger partial charge in [0.1, 0.15) is 17.6 Å². The van der Waals surface area contributed by atoms with Crippen LogP contribution in [0.3, 0.4) is 0 Å². The molecule has 2 aromatic carbocycles. The molecule has 3 aromatic rings. The number of anilines is 1. The van der Waals surface area contributed by atoms with E-state index < -0.39 is 29.4 Å². The van der Waals surface area contributed by atoms with Crippen molar-refractivity contribution >= 4 is 34.5 Å². The van der Waals surface area contributed by atoms with Crippen LogP contribution < -0.4 is 9.64 Å². The van der Waals surface area contributed by atoms with Gasteiger partial charge in [-0.05, 0) is 60.2 Å². The summed E-state index contributed by atoms with van der Waals surface area (Å²) in [5.41, 5.74) is 1.11. The Balaban J connectivity index is 1.90. The van der Waals surface area contributed by atoms with Gasteiger partial charge >= 0.3 is 0 Å². The van der Waals surface area contributed by atoms with Gasteiger partial charge in [0, 0.05) is 22.2 Å². The van der Waals surface area contributed by atoms with Gasteiger partial charge in [0.05, 0.1) is 12.2 Å². The van der Waals surface area contributed by atoms with Crippen LogP contribution in [0.1, 0.15) is 48.7 Å². The van der Waals surface area contributed by atoms with Crippen molar-refractivity contribution in [2.45, 2.75) is 32.7 Å². The highest BCUT2D eigenvalue weighted by Crippen LogP contribution is 2.44. The lowest BCUT2D eigenvalue weighted by atomic mass is 9.95. The number of ether oxygens (including phenoxy) is 1. The monoisotopic (exact) mass is 483 g/mol. The third-order valence-electron chi connectivity index (χ3n) is 5.64. The molecule has 8 heteroatoms. The molecule has 1 aromatic heterocycles. The Morgan fingerprint density at radius 3 is 2.50 bits per heavy atom. The van der Waals surface area contributed by atoms with Crippen molar-refractivity contribution in [2.24, 2.45) is 0 Å². The zero-order chi connectivity index (χ0) is 24.6. The lowest BCUT2D eigenvalue weighted by molar-refractivity contribution is -0.132. The minimum atomic E-state index is -1.14. The van der Waals surface area contributed by atoms with Crippen LogP contribution >= 0.6 is 11.3 Å². The molecule has 1 N–H and O–H groups in total. The summed E-state index contributed by atoms with van der Waals surface area (Å²) in [7, 11) is 0. The van der Waals surface area contributed by atoms with E-state index in [-0.39, 0.29) is 22.9 Å². The first-order valence-corrected chi connectivity index (χ1v) is 11.7. The Hall–Kier alpha value is -3.52. The van der Waals surface area contributed by atoms with Gasteiger partial charge in [-0.1, -0.05) is 19.9 Å². The van der Waals surface area contributed by atoms with Gasteiger partial charge in [-0.15, -0.1) is 11.3 Å². The van der Waals surface area contributed by atoms with Crippen molar-refractivity contribution in [2.75, 3.05) is 11.5 Å². The second kappa shape index (κ2) is 9.38. The number of ketones is 1. The first kappa shape index (κ1) is 23.6. The molecule has 1 aliphatic rings. The molecule has 5 nitrogen and oxygen atoms in total. The molecule has 176 valence electrons. The van der Waals surface area contributed by atoms with E-state index >= 15 is 0 Å². The van der Waals surface area contributed by atoms with E-state index in [2.05, 4.69) is 0 Å². The third-order valence-corrected chi connectivity index (χ3v) is 6.57. The highest BCUT2D eigenvalue weighted by atomic mass is 32.1. The molecule has 1 unspecified atom stereocenters. The Morgan fingerprint density at radius 1 is 1.12 bits per heavy atom. The summed E-state index contributed by atoms with van der Waals surface area (Å²) in [4.78, 5) is 27.9. The van der Waals surface area contributed by atoms with Crippen molar-refractivity contribution in [1.82, 2.24) is 0 Å². The van der Waals surface area contributed by atoms with Crippen LogP contribution in [-0.2, 0) is 9.59 Å². The molecule has 34 heavy (non-hydrogen) atoms. The molecule has 0 aliphatic carbocycles. The summed E-state index contributed by atoms with van der Waals surface area (Å²) in [6.07, 6.45) is 0. The minimum absolute atomic E-state index is 0.0213. The molecule has 0 saturated carbocycles. The fraction of sp³-hybridized carbons (Fsp3) is 0.231. The largest absolute Gasteiger partial charge is 0.507 e. The van der Waals surface area contributed by atoms with Gasteiger partial charge < -0.3 is 9.84 Å². The van der Waals surface area contributed by atoms with Crippen LogP contribution in [0.15, 0.2) is 59.5 Å². The van der Waals surface area contributed by atoms with E-state index in [1.807, 2.05) is 20.8 Å². The molecule has 0 spiro atoms. The summed E-state index contributed by atoms with van der Waals surface area (Å²) in [6, 6.07) is 10.6. The predicted molar refractivity (Wildman–Crippen MR) is 127 cm³/mol. The van der Waals surface area contributed by atoms with Crippen LogP contribution in [-0.4, -0.2) is 23.4 Å². The van der Waals surface area contributed by atoms with E-state index in [9.17, 15) is 23.5 Å². The summed E-state index contributed by atoms with van der Waals surface area (Å²) >= 11 is 1.28. The molecule has 2 heterocycles. The summed E-state index contributed by atoms with van der Waals surface area (Å²) in [5, 5.41) is 13.1. The molecule has 1 amide bonds. The number of aliphatic hydroxyl groups is 1. The standard InChI is InChI=1S/C26H23F2NO4S/c1-4-33-20-10-7-15(12-17(20)14(2)3)24(30)22-23(21-6-5-11-34-21)29(26(32)25(22)31)16-8-9-18(27)19(28)13-16/h5-14,23,30H,4H2,1-3H3/b24-22-. The summed E-state index contributed by atoms with van der Waals surface area (Å²) in [5.74, 6) is -3.63. The number of hydrogen-bond donors (Lipinski definition) is 1. The number of thiophene rings is 1. The number of Topliss-reactive ketones (excluding diaryl/α,β-unsaturated/α-hetero) is 1. The molecular weight excluding hydrogens is 460 g/mol.